The fraction of sp³-hybridized carbons (Fsp3) is 0.263. The van der Waals surface area contributed by atoms with Gasteiger partial charge in [0, 0.05) is 5.56 Å². The average Bonchev–Trinajstić information content (AvgIpc) is 2.69. The maximum atomic E-state index is 12.3. The molecule has 0 saturated heterocycles. The van der Waals surface area contributed by atoms with Crippen molar-refractivity contribution in [3.8, 4) is 23.0 Å². The lowest BCUT2D eigenvalue weighted by molar-refractivity contribution is -0.123. The van der Waals surface area contributed by atoms with Crippen molar-refractivity contribution >= 4 is 11.8 Å². The van der Waals surface area contributed by atoms with Crippen LogP contribution in [0.2, 0.25) is 0 Å². The van der Waals surface area contributed by atoms with Crippen LogP contribution in [-0.2, 0) is 4.79 Å². The van der Waals surface area contributed by atoms with Gasteiger partial charge in [-0.1, -0.05) is 12.1 Å². The van der Waals surface area contributed by atoms with Gasteiger partial charge in [0.05, 0.1) is 7.11 Å². The largest absolute Gasteiger partial charge is 0.493 e. The van der Waals surface area contributed by atoms with Gasteiger partial charge in [-0.05, 0) is 36.8 Å². The van der Waals surface area contributed by atoms with Gasteiger partial charge in [-0.15, -0.1) is 0 Å². The lowest BCUT2D eigenvalue weighted by Crippen LogP contribution is -2.43. The van der Waals surface area contributed by atoms with E-state index in [4.69, 9.17) is 18.9 Å². The average molecular weight is 372 g/mol. The first kappa shape index (κ1) is 18.4. The summed E-state index contributed by atoms with van der Waals surface area (Å²) in [5.41, 5.74) is 5.92. The van der Waals surface area contributed by atoms with Gasteiger partial charge in [-0.25, -0.2) is 0 Å². The van der Waals surface area contributed by atoms with E-state index in [-0.39, 0.29) is 12.2 Å². The monoisotopic (exact) mass is 372 g/mol. The van der Waals surface area contributed by atoms with Crippen LogP contribution in [0, 0.1) is 6.92 Å². The minimum atomic E-state index is -0.519. The van der Waals surface area contributed by atoms with Gasteiger partial charge in [-0.3, -0.25) is 20.4 Å². The molecule has 0 aliphatic carbocycles. The summed E-state index contributed by atoms with van der Waals surface area (Å²) in [4.78, 5) is 24.2. The number of fused-ring (bicyclic) bond motifs is 1. The molecule has 3 rings (SSSR count). The zero-order chi connectivity index (χ0) is 19.2. The number of hydrogen-bond acceptors (Lipinski definition) is 6. The summed E-state index contributed by atoms with van der Waals surface area (Å²) in [5, 5.41) is 0. The number of amides is 2. The molecule has 2 aromatic carbocycles. The van der Waals surface area contributed by atoms with Crippen LogP contribution in [0.25, 0.3) is 0 Å². The van der Waals surface area contributed by atoms with E-state index in [2.05, 4.69) is 10.9 Å². The van der Waals surface area contributed by atoms with Crippen LogP contribution in [0.3, 0.4) is 0 Å². The number of ether oxygens (including phenoxy) is 4. The van der Waals surface area contributed by atoms with E-state index in [1.54, 1.807) is 6.07 Å². The Kier molecular flexibility index (Phi) is 5.65. The third-order valence-electron chi connectivity index (χ3n) is 3.77. The summed E-state index contributed by atoms with van der Waals surface area (Å²) in [7, 11) is 1.47. The third-order valence-corrected chi connectivity index (χ3v) is 3.77. The Hall–Kier alpha value is -3.42. The lowest BCUT2D eigenvalue weighted by atomic mass is 10.1. The number of carbonyl (C=O) groups is 2. The standard InChI is InChI=1S/C19H20N2O6/c1-12-4-3-5-14(8-12)27-11-17(22)20-21-19(23)13-9-15(24-2)18-16(10-13)25-6-7-26-18/h3-5,8-10H,6-7,11H2,1-2H3,(H,20,22)(H,21,23). The molecule has 0 spiro atoms. The number of aryl methyl sites for hydroxylation is 1. The van der Waals surface area contributed by atoms with Crippen LogP contribution < -0.4 is 29.8 Å². The van der Waals surface area contributed by atoms with Crippen LogP contribution in [0.15, 0.2) is 36.4 Å². The number of rotatable bonds is 5. The lowest BCUT2D eigenvalue weighted by Gasteiger charge is -2.21. The second-order valence-corrected chi connectivity index (χ2v) is 5.81. The molecule has 2 N–H and O–H groups in total. The van der Waals surface area contributed by atoms with E-state index in [9.17, 15) is 9.59 Å². The summed E-state index contributed by atoms with van der Waals surface area (Å²) in [6.07, 6.45) is 0. The van der Waals surface area contributed by atoms with E-state index >= 15 is 0 Å². The number of hydrazine groups is 1. The van der Waals surface area contributed by atoms with Gasteiger partial charge in [0.25, 0.3) is 11.8 Å². The Bertz CT molecular complexity index is 835. The number of benzene rings is 2. The smallest absolute Gasteiger partial charge is 0.276 e. The summed E-state index contributed by atoms with van der Waals surface area (Å²) in [6, 6.07) is 10.4. The molecule has 1 aliphatic heterocycles. The Balaban J connectivity index is 1.56. The highest BCUT2D eigenvalue weighted by Crippen LogP contribution is 2.40. The molecule has 27 heavy (non-hydrogen) atoms. The van der Waals surface area contributed by atoms with Crippen molar-refractivity contribution in [2.24, 2.45) is 0 Å². The first-order valence-corrected chi connectivity index (χ1v) is 8.33. The van der Waals surface area contributed by atoms with Crippen LogP contribution in [0.5, 0.6) is 23.0 Å². The highest BCUT2D eigenvalue weighted by molar-refractivity contribution is 5.96. The second kappa shape index (κ2) is 8.31. The molecule has 1 heterocycles. The number of nitrogens with one attached hydrogen (secondary N) is 2. The van der Waals surface area contributed by atoms with Crippen molar-refractivity contribution in [1.82, 2.24) is 10.9 Å². The number of methoxy groups -OCH3 is 1. The summed E-state index contributed by atoms with van der Waals surface area (Å²) in [5.74, 6) is 0.818. The minimum Gasteiger partial charge on any atom is -0.493 e. The first-order valence-electron chi connectivity index (χ1n) is 8.33. The van der Waals surface area contributed by atoms with E-state index in [1.165, 1.54) is 19.2 Å². The van der Waals surface area contributed by atoms with Crippen LogP contribution in [-0.4, -0.2) is 38.7 Å². The quantitative estimate of drug-likeness (QED) is 0.775. The molecule has 8 heteroatoms. The zero-order valence-corrected chi connectivity index (χ0v) is 15.0. The van der Waals surface area contributed by atoms with Gasteiger partial charge in [0.2, 0.25) is 5.75 Å². The molecule has 0 saturated carbocycles. The molecule has 0 aromatic heterocycles. The molecule has 0 fully saturated rings. The van der Waals surface area contributed by atoms with E-state index < -0.39 is 11.8 Å². The Labute approximate surface area is 156 Å². The molecule has 0 atom stereocenters. The molecular formula is C19H20N2O6. The van der Waals surface area contributed by atoms with Crippen molar-refractivity contribution in [1.29, 1.82) is 0 Å². The predicted octanol–water partition coefficient (Wildman–Crippen LogP) is 1.61. The molecule has 142 valence electrons. The molecular weight excluding hydrogens is 352 g/mol. The van der Waals surface area contributed by atoms with Crippen molar-refractivity contribution < 1.29 is 28.5 Å². The van der Waals surface area contributed by atoms with Gasteiger partial charge in [-0.2, -0.15) is 0 Å². The van der Waals surface area contributed by atoms with Gasteiger partial charge in [0.15, 0.2) is 18.1 Å². The zero-order valence-electron chi connectivity index (χ0n) is 15.0. The number of carbonyl (C=O) groups excluding carboxylic acids is 2. The van der Waals surface area contributed by atoms with Gasteiger partial charge in [0.1, 0.15) is 19.0 Å². The molecule has 2 aromatic rings. The van der Waals surface area contributed by atoms with Crippen LogP contribution in [0.1, 0.15) is 15.9 Å². The molecule has 0 unspecified atom stereocenters. The first-order chi connectivity index (χ1) is 13.1. The second-order valence-electron chi connectivity index (χ2n) is 5.81. The summed E-state index contributed by atoms with van der Waals surface area (Å²) < 4.78 is 21.6. The highest BCUT2D eigenvalue weighted by atomic mass is 16.6. The molecule has 0 radical (unpaired) electrons. The van der Waals surface area contributed by atoms with Crippen LogP contribution in [0.4, 0.5) is 0 Å². The predicted molar refractivity (Wildman–Crippen MR) is 96.3 cm³/mol. The topological polar surface area (TPSA) is 95.1 Å². The number of hydrogen-bond donors (Lipinski definition) is 2. The SMILES string of the molecule is COc1cc(C(=O)NNC(=O)COc2cccc(C)c2)cc2c1OCCO2. The normalized spacial score (nSPS) is 12.1. The maximum absolute atomic E-state index is 12.3. The fourth-order valence-corrected chi connectivity index (χ4v) is 2.49. The highest BCUT2D eigenvalue weighted by Gasteiger charge is 2.21. The summed E-state index contributed by atoms with van der Waals surface area (Å²) >= 11 is 0. The molecule has 0 bridgehead atoms. The van der Waals surface area contributed by atoms with Crippen molar-refractivity contribution in [2.75, 3.05) is 26.9 Å². The van der Waals surface area contributed by atoms with Crippen molar-refractivity contribution in [3.63, 3.8) is 0 Å². The summed E-state index contributed by atoms with van der Waals surface area (Å²) in [6.45, 7) is 2.49. The Morgan fingerprint density at radius 1 is 1.11 bits per heavy atom. The molecule has 2 amide bonds. The van der Waals surface area contributed by atoms with E-state index in [0.29, 0.717) is 36.2 Å². The van der Waals surface area contributed by atoms with Crippen molar-refractivity contribution in [3.05, 3.63) is 47.5 Å². The fourth-order valence-electron chi connectivity index (χ4n) is 2.49. The maximum Gasteiger partial charge on any atom is 0.276 e. The Morgan fingerprint density at radius 2 is 1.93 bits per heavy atom. The Morgan fingerprint density at radius 3 is 2.70 bits per heavy atom. The van der Waals surface area contributed by atoms with Gasteiger partial charge >= 0.3 is 0 Å². The minimum absolute atomic E-state index is 0.228. The molecule has 8 nitrogen and oxygen atoms in total. The molecule has 1 aliphatic rings. The van der Waals surface area contributed by atoms with Crippen LogP contribution >= 0.6 is 0 Å². The van der Waals surface area contributed by atoms with Crippen molar-refractivity contribution in [2.45, 2.75) is 6.92 Å². The van der Waals surface area contributed by atoms with E-state index in [1.807, 2.05) is 25.1 Å². The van der Waals surface area contributed by atoms with Gasteiger partial charge < -0.3 is 18.9 Å². The van der Waals surface area contributed by atoms with E-state index in [0.717, 1.165) is 5.56 Å². The third kappa shape index (κ3) is 4.60.